The minimum Gasteiger partial charge on any atom is -0.478 e. The van der Waals surface area contributed by atoms with Crippen molar-refractivity contribution in [3.63, 3.8) is 0 Å². The lowest BCUT2D eigenvalue weighted by molar-refractivity contribution is 0.0696. The second kappa shape index (κ2) is 4.91. The number of pyridine rings is 1. The fraction of sp³-hybridized carbons (Fsp3) is 0.400. The highest BCUT2D eigenvalue weighted by Gasteiger charge is 2.24. The molecule has 88 valence electrons. The maximum Gasteiger partial charge on any atom is 0.339 e. The summed E-state index contributed by atoms with van der Waals surface area (Å²) in [6.45, 7) is 0.894. The van der Waals surface area contributed by atoms with Crippen molar-refractivity contribution in [2.24, 2.45) is 0 Å². The molecule has 0 aliphatic heterocycles. The Labute approximate surface area is 92.6 Å². The summed E-state index contributed by atoms with van der Waals surface area (Å²) in [5.74, 6) is -0.991. The van der Waals surface area contributed by atoms with Crippen molar-refractivity contribution >= 4 is 11.8 Å². The molecule has 0 radical (unpaired) electrons. The van der Waals surface area contributed by atoms with Crippen LogP contribution in [0.1, 0.15) is 17.3 Å². The van der Waals surface area contributed by atoms with Crippen molar-refractivity contribution in [2.75, 3.05) is 18.5 Å². The van der Waals surface area contributed by atoms with E-state index in [4.69, 9.17) is 15.3 Å². The fourth-order valence-corrected chi connectivity index (χ4v) is 1.09. The average molecular weight is 226 g/mol. The fourth-order valence-electron chi connectivity index (χ4n) is 1.09. The highest BCUT2D eigenvalue weighted by molar-refractivity contribution is 5.93. The first kappa shape index (κ1) is 12.4. The van der Waals surface area contributed by atoms with E-state index in [0.29, 0.717) is 0 Å². The third-order valence-corrected chi connectivity index (χ3v) is 2.16. The van der Waals surface area contributed by atoms with Crippen molar-refractivity contribution < 1.29 is 20.1 Å². The largest absolute Gasteiger partial charge is 0.478 e. The molecular formula is C10H14N2O4. The molecular weight excluding hydrogens is 212 g/mol. The van der Waals surface area contributed by atoms with Gasteiger partial charge in [0, 0.05) is 6.20 Å². The van der Waals surface area contributed by atoms with Crippen LogP contribution in [0.15, 0.2) is 18.3 Å². The number of aliphatic hydroxyl groups is 2. The Kier molecular flexibility index (Phi) is 3.81. The molecule has 0 spiro atoms. The van der Waals surface area contributed by atoms with E-state index in [1.165, 1.54) is 18.3 Å². The molecule has 0 unspecified atom stereocenters. The van der Waals surface area contributed by atoms with Crippen molar-refractivity contribution in [3.8, 4) is 0 Å². The standard InChI is InChI=1S/C10H14N2O4/c1-10(5-13,6-14)12-8-7(9(15)16)3-2-4-11-8/h2-4,13-14H,5-6H2,1H3,(H,11,12)(H,15,16). The molecule has 16 heavy (non-hydrogen) atoms. The molecule has 0 fully saturated rings. The van der Waals surface area contributed by atoms with Crippen LogP contribution < -0.4 is 5.32 Å². The summed E-state index contributed by atoms with van der Waals surface area (Å²) in [6.07, 6.45) is 1.43. The van der Waals surface area contributed by atoms with Gasteiger partial charge in [-0.1, -0.05) is 0 Å². The van der Waals surface area contributed by atoms with Crippen LogP contribution in [-0.2, 0) is 0 Å². The molecule has 1 aromatic heterocycles. The number of aromatic carboxylic acids is 1. The van der Waals surface area contributed by atoms with Gasteiger partial charge in [-0.2, -0.15) is 0 Å². The van der Waals surface area contributed by atoms with E-state index in [-0.39, 0.29) is 24.6 Å². The lowest BCUT2D eigenvalue weighted by Gasteiger charge is -2.27. The van der Waals surface area contributed by atoms with Gasteiger partial charge in [0.05, 0.1) is 18.8 Å². The van der Waals surface area contributed by atoms with Gasteiger partial charge in [-0.15, -0.1) is 0 Å². The van der Waals surface area contributed by atoms with Crippen molar-refractivity contribution in [3.05, 3.63) is 23.9 Å². The summed E-state index contributed by atoms with van der Waals surface area (Å²) in [5, 5.41) is 29.8. The Bertz CT molecular complexity index is 377. The molecule has 0 aliphatic carbocycles. The van der Waals surface area contributed by atoms with E-state index in [1.54, 1.807) is 6.92 Å². The zero-order valence-electron chi connectivity index (χ0n) is 8.84. The third-order valence-electron chi connectivity index (χ3n) is 2.16. The Morgan fingerprint density at radius 1 is 1.50 bits per heavy atom. The number of carboxylic acids is 1. The monoisotopic (exact) mass is 226 g/mol. The van der Waals surface area contributed by atoms with Gasteiger partial charge in [-0.05, 0) is 19.1 Å². The van der Waals surface area contributed by atoms with Gasteiger partial charge in [0.15, 0.2) is 0 Å². The van der Waals surface area contributed by atoms with Crippen LogP contribution in [0.25, 0.3) is 0 Å². The van der Waals surface area contributed by atoms with Crippen molar-refractivity contribution in [1.82, 2.24) is 4.98 Å². The van der Waals surface area contributed by atoms with E-state index in [2.05, 4.69) is 10.3 Å². The first-order valence-corrected chi connectivity index (χ1v) is 4.70. The normalized spacial score (nSPS) is 11.2. The molecule has 0 atom stereocenters. The molecule has 1 rings (SSSR count). The third kappa shape index (κ3) is 2.68. The summed E-state index contributed by atoms with van der Waals surface area (Å²) in [7, 11) is 0. The molecule has 6 nitrogen and oxygen atoms in total. The van der Waals surface area contributed by atoms with Crippen LogP contribution in [0.4, 0.5) is 5.82 Å². The summed E-state index contributed by atoms with van der Waals surface area (Å²) >= 11 is 0. The number of aromatic nitrogens is 1. The molecule has 1 aromatic rings. The second-order valence-corrected chi connectivity index (χ2v) is 3.71. The molecule has 0 aliphatic rings. The molecule has 0 saturated heterocycles. The second-order valence-electron chi connectivity index (χ2n) is 3.71. The van der Waals surface area contributed by atoms with Crippen molar-refractivity contribution in [2.45, 2.75) is 12.5 Å². The zero-order valence-corrected chi connectivity index (χ0v) is 8.84. The first-order chi connectivity index (χ1) is 7.52. The zero-order chi connectivity index (χ0) is 12.2. The molecule has 0 bridgehead atoms. The number of nitrogens with one attached hydrogen (secondary N) is 1. The summed E-state index contributed by atoms with van der Waals surface area (Å²) in [4.78, 5) is 14.7. The predicted molar refractivity (Wildman–Crippen MR) is 57.4 cm³/mol. The predicted octanol–water partition coefficient (Wildman–Crippen LogP) is -0.0650. The Hall–Kier alpha value is -1.66. The number of hydrogen-bond acceptors (Lipinski definition) is 5. The number of carbonyl (C=O) groups is 1. The van der Waals surface area contributed by atoms with Crippen LogP contribution in [0, 0.1) is 0 Å². The van der Waals surface area contributed by atoms with E-state index >= 15 is 0 Å². The average Bonchev–Trinajstić information content (AvgIpc) is 2.29. The highest BCUT2D eigenvalue weighted by Crippen LogP contribution is 2.16. The van der Waals surface area contributed by atoms with Gasteiger partial charge in [0.2, 0.25) is 0 Å². The van der Waals surface area contributed by atoms with Gasteiger partial charge in [0.1, 0.15) is 11.4 Å². The summed E-state index contributed by atoms with van der Waals surface area (Å²) in [6, 6.07) is 2.90. The number of carboxylic acid groups (broad SMARTS) is 1. The smallest absolute Gasteiger partial charge is 0.339 e. The van der Waals surface area contributed by atoms with E-state index < -0.39 is 11.5 Å². The Morgan fingerprint density at radius 3 is 2.62 bits per heavy atom. The van der Waals surface area contributed by atoms with Gasteiger partial charge < -0.3 is 20.6 Å². The SMILES string of the molecule is CC(CO)(CO)Nc1ncccc1C(=O)O. The lowest BCUT2D eigenvalue weighted by Crippen LogP contribution is -2.43. The minimum absolute atomic E-state index is 0.00405. The van der Waals surface area contributed by atoms with E-state index in [0.717, 1.165) is 0 Å². The molecule has 0 saturated carbocycles. The van der Waals surface area contributed by atoms with Crippen LogP contribution in [0.2, 0.25) is 0 Å². The summed E-state index contributed by atoms with van der Waals surface area (Å²) < 4.78 is 0. The maximum atomic E-state index is 10.9. The summed E-state index contributed by atoms with van der Waals surface area (Å²) in [5.41, 5.74) is -1.01. The maximum absolute atomic E-state index is 10.9. The lowest BCUT2D eigenvalue weighted by atomic mass is 10.1. The minimum atomic E-state index is -1.12. The van der Waals surface area contributed by atoms with Gasteiger partial charge in [-0.3, -0.25) is 0 Å². The topological polar surface area (TPSA) is 103 Å². The molecule has 6 heteroatoms. The van der Waals surface area contributed by atoms with Crippen LogP contribution in [0.3, 0.4) is 0 Å². The molecule has 1 heterocycles. The number of hydrogen-bond donors (Lipinski definition) is 4. The van der Waals surface area contributed by atoms with Gasteiger partial charge in [0.25, 0.3) is 0 Å². The number of rotatable bonds is 5. The molecule has 0 aromatic carbocycles. The number of aliphatic hydroxyl groups excluding tert-OH is 2. The Balaban J connectivity index is 3.01. The van der Waals surface area contributed by atoms with E-state index in [9.17, 15) is 4.79 Å². The molecule has 4 N–H and O–H groups in total. The highest BCUT2D eigenvalue weighted by atomic mass is 16.4. The number of anilines is 1. The van der Waals surface area contributed by atoms with Crippen molar-refractivity contribution in [1.29, 1.82) is 0 Å². The van der Waals surface area contributed by atoms with Crippen LogP contribution in [-0.4, -0.2) is 45.0 Å². The first-order valence-electron chi connectivity index (χ1n) is 4.70. The van der Waals surface area contributed by atoms with Crippen LogP contribution in [0.5, 0.6) is 0 Å². The van der Waals surface area contributed by atoms with Gasteiger partial charge >= 0.3 is 5.97 Å². The van der Waals surface area contributed by atoms with E-state index in [1.807, 2.05) is 0 Å². The number of nitrogens with zero attached hydrogens (tertiary/aromatic N) is 1. The van der Waals surface area contributed by atoms with Gasteiger partial charge in [-0.25, -0.2) is 9.78 Å². The Morgan fingerprint density at radius 2 is 2.12 bits per heavy atom. The quantitative estimate of drug-likeness (QED) is 0.560. The van der Waals surface area contributed by atoms with Crippen LogP contribution >= 0.6 is 0 Å². The molecule has 0 amide bonds.